The Labute approximate surface area is 184 Å². The van der Waals surface area contributed by atoms with Crippen molar-refractivity contribution in [2.24, 2.45) is 0 Å². The molecule has 3 aromatic heterocycles. The molecule has 8 heteroatoms. The zero-order chi connectivity index (χ0) is 20.9. The molecule has 6 nitrogen and oxygen atoms in total. The van der Waals surface area contributed by atoms with Gasteiger partial charge >= 0.3 is 0 Å². The largest absolute Gasteiger partial charge is 0.309 e. The number of likely N-dealkylation sites (N-methyl/N-ethyl adjacent to an activating group) is 1. The monoisotopic (exact) mass is 439 g/mol. The number of rotatable bonds is 9. The molecule has 0 saturated carbocycles. The number of hydrogen-bond donors (Lipinski definition) is 1. The molecule has 0 aliphatic heterocycles. The highest BCUT2D eigenvalue weighted by Crippen LogP contribution is 2.26. The van der Waals surface area contributed by atoms with Gasteiger partial charge in [0.1, 0.15) is 5.01 Å². The number of benzene rings is 1. The van der Waals surface area contributed by atoms with Crippen LogP contribution in [0.1, 0.15) is 19.5 Å². The maximum atomic E-state index is 12.7. The van der Waals surface area contributed by atoms with Crippen molar-refractivity contribution >= 4 is 45.6 Å². The second kappa shape index (κ2) is 9.51. The predicted octanol–water partition coefficient (Wildman–Crippen LogP) is 4.74. The number of thiophene rings is 1. The van der Waals surface area contributed by atoms with E-state index in [1.807, 2.05) is 41.1 Å². The molecule has 0 saturated heterocycles. The molecule has 0 unspecified atom stereocenters. The van der Waals surface area contributed by atoms with Crippen LogP contribution in [0.2, 0.25) is 0 Å². The van der Waals surface area contributed by atoms with Gasteiger partial charge in [-0.3, -0.25) is 10.1 Å². The lowest BCUT2D eigenvalue weighted by atomic mass is 10.3. The highest BCUT2D eigenvalue weighted by molar-refractivity contribution is 7.14. The molecule has 0 aliphatic rings. The zero-order valence-electron chi connectivity index (χ0n) is 17.2. The van der Waals surface area contributed by atoms with Crippen LogP contribution in [0, 0.1) is 0 Å². The first kappa shape index (κ1) is 20.7. The first-order valence-electron chi connectivity index (χ1n) is 10.1. The number of anilines is 1. The van der Waals surface area contributed by atoms with Gasteiger partial charge in [-0.1, -0.05) is 26.0 Å². The van der Waals surface area contributed by atoms with Crippen molar-refractivity contribution in [3.63, 3.8) is 0 Å². The summed E-state index contributed by atoms with van der Waals surface area (Å²) in [6.45, 7) is 8.01. The fraction of sp³-hybridized carbons (Fsp3) is 0.318. The van der Waals surface area contributed by atoms with Crippen molar-refractivity contribution in [1.82, 2.24) is 19.4 Å². The minimum atomic E-state index is -0.100. The summed E-state index contributed by atoms with van der Waals surface area (Å²) in [5.41, 5.74) is 3.81. The lowest BCUT2D eigenvalue weighted by molar-refractivity contribution is -0.115. The van der Waals surface area contributed by atoms with Crippen molar-refractivity contribution in [3.8, 4) is 10.6 Å². The summed E-state index contributed by atoms with van der Waals surface area (Å²) in [6.07, 6.45) is 0.236. The SMILES string of the molecule is CCN(CC)CCn1c(NC(=O)Cc2csc(-c3ccsc3)n2)nc2ccccc21. The van der Waals surface area contributed by atoms with E-state index < -0.39 is 0 Å². The normalized spacial score (nSPS) is 11.4. The third-order valence-corrected chi connectivity index (χ3v) is 6.72. The number of imidazole rings is 1. The third kappa shape index (κ3) is 4.61. The van der Waals surface area contributed by atoms with Crippen molar-refractivity contribution in [2.75, 3.05) is 25.0 Å². The van der Waals surface area contributed by atoms with Gasteiger partial charge in [0.15, 0.2) is 0 Å². The summed E-state index contributed by atoms with van der Waals surface area (Å²) in [6, 6.07) is 10.0. The molecule has 30 heavy (non-hydrogen) atoms. The molecule has 0 radical (unpaired) electrons. The van der Waals surface area contributed by atoms with Crippen molar-refractivity contribution in [2.45, 2.75) is 26.8 Å². The van der Waals surface area contributed by atoms with Crippen LogP contribution < -0.4 is 5.32 Å². The van der Waals surface area contributed by atoms with Crippen LogP contribution in [0.4, 0.5) is 5.95 Å². The molecular formula is C22H25N5OS2. The van der Waals surface area contributed by atoms with Gasteiger partial charge in [0, 0.05) is 29.4 Å². The van der Waals surface area contributed by atoms with Gasteiger partial charge in [-0.2, -0.15) is 11.3 Å². The van der Waals surface area contributed by atoms with Crippen LogP contribution in [-0.4, -0.2) is 45.0 Å². The zero-order valence-corrected chi connectivity index (χ0v) is 18.8. The van der Waals surface area contributed by atoms with Crippen LogP contribution in [-0.2, 0) is 17.8 Å². The van der Waals surface area contributed by atoms with E-state index in [2.05, 4.69) is 44.0 Å². The fourth-order valence-corrected chi connectivity index (χ4v) is 4.95. The van der Waals surface area contributed by atoms with Crippen LogP contribution in [0.25, 0.3) is 21.6 Å². The lowest BCUT2D eigenvalue weighted by Gasteiger charge is -2.19. The molecule has 1 amide bonds. The van der Waals surface area contributed by atoms with Crippen molar-refractivity contribution in [3.05, 3.63) is 52.2 Å². The molecule has 0 atom stereocenters. The molecular weight excluding hydrogens is 414 g/mol. The van der Waals surface area contributed by atoms with Gasteiger partial charge in [-0.15, -0.1) is 11.3 Å². The summed E-state index contributed by atoms with van der Waals surface area (Å²) in [5, 5.41) is 10.0. The summed E-state index contributed by atoms with van der Waals surface area (Å²) >= 11 is 3.21. The standard InChI is InChI=1S/C22H25N5OS2/c1-3-26(4-2)10-11-27-19-8-6-5-7-18(19)24-22(27)25-20(28)13-17-15-30-21(23-17)16-9-12-29-14-16/h5-9,12,14-15H,3-4,10-11,13H2,1-2H3,(H,24,25,28). The molecule has 4 aromatic rings. The quantitative estimate of drug-likeness (QED) is 0.409. The van der Waals surface area contributed by atoms with E-state index in [1.54, 1.807) is 22.7 Å². The van der Waals surface area contributed by atoms with Crippen molar-refractivity contribution in [1.29, 1.82) is 0 Å². The first-order chi connectivity index (χ1) is 14.7. The molecule has 3 heterocycles. The van der Waals surface area contributed by atoms with Crippen LogP contribution in [0.3, 0.4) is 0 Å². The Bertz CT molecular complexity index is 1110. The van der Waals surface area contributed by atoms with E-state index in [0.29, 0.717) is 5.95 Å². The Morgan fingerprint density at radius 3 is 2.73 bits per heavy atom. The third-order valence-electron chi connectivity index (χ3n) is 5.10. The number of hydrogen-bond acceptors (Lipinski definition) is 6. The predicted molar refractivity (Wildman–Crippen MR) is 125 cm³/mol. The van der Waals surface area contributed by atoms with Crippen LogP contribution in [0.5, 0.6) is 0 Å². The Hall–Kier alpha value is -2.55. The number of amides is 1. The topological polar surface area (TPSA) is 63.0 Å². The lowest BCUT2D eigenvalue weighted by Crippen LogP contribution is -2.28. The van der Waals surface area contributed by atoms with E-state index in [-0.39, 0.29) is 12.3 Å². The molecule has 4 rings (SSSR count). The van der Waals surface area contributed by atoms with Crippen LogP contribution in [0.15, 0.2) is 46.5 Å². The molecule has 0 bridgehead atoms. The molecule has 1 aromatic carbocycles. The fourth-order valence-electron chi connectivity index (χ4n) is 3.42. The van der Waals surface area contributed by atoms with Gasteiger partial charge in [-0.05, 0) is 36.7 Å². The van der Waals surface area contributed by atoms with Crippen LogP contribution >= 0.6 is 22.7 Å². The van der Waals surface area contributed by atoms with Gasteiger partial charge < -0.3 is 9.47 Å². The summed E-state index contributed by atoms with van der Waals surface area (Å²) in [4.78, 5) is 24.4. The van der Waals surface area contributed by atoms with E-state index in [9.17, 15) is 4.79 Å². The van der Waals surface area contributed by atoms with E-state index >= 15 is 0 Å². The highest BCUT2D eigenvalue weighted by Gasteiger charge is 2.15. The Morgan fingerprint density at radius 1 is 1.13 bits per heavy atom. The molecule has 0 aliphatic carbocycles. The number of nitrogens with one attached hydrogen (secondary N) is 1. The Kier molecular flexibility index (Phi) is 6.56. The maximum Gasteiger partial charge on any atom is 0.232 e. The van der Waals surface area contributed by atoms with Gasteiger partial charge in [0.05, 0.1) is 23.1 Å². The summed E-state index contributed by atoms with van der Waals surface area (Å²) < 4.78 is 2.10. The second-order valence-corrected chi connectivity index (χ2v) is 8.62. The van der Waals surface area contributed by atoms with E-state index in [4.69, 9.17) is 0 Å². The average Bonchev–Trinajstić information content (AvgIpc) is 3.49. The van der Waals surface area contributed by atoms with Gasteiger partial charge in [-0.25, -0.2) is 9.97 Å². The number of carbonyl (C=O) groups excluding carboxylic acids is 1. The number of aromatic nitrogens is 3. The number of thiazole rings is 1. The Morgan fingerprint density at radius 2 is 1.97 bits per heavy atom. The minimum absolute atomic E-state index is 0.100. The number of para-hydroxylation sites is 2. The summed E-state index contributed by atoms with van der Waals surface area (Å²) in [7, 11) is 0. The molecule has 0 fully saturated rings. The second-order valence-electron chi connectivity index (χ2n) is 6.98. The van der Waals surface area contributed by atoms with Gasteiger partial charge in [0.2, 0.25) is 11.9 Å². The molecule has 156 valence electrons. The smallest absolute Gasteiger partial charge is 0.232 e. The highest BCUT2D eigenvalue weighted by atomic mass is 32.1. The maximum absolute atomic E-state index is 12.7. The van der Waals surface area contributed by atoms with E-state index in [0.717, 1.165) is 53.5 Å². The minimum Gasteiger partial charge on any atom is -0.309 e. The van der Waals surface area contributed by atoms with E-state index in [1.165, 1.54) is 0 Å². The number of carbonyl (C=O) groups is 1. The van der Waals surface area contributed by atoms with Gasteiger partial charge in [0.25, 0.3) is 0 Å². The number of nitrogens with zero attached hydrogens (tertiary/aromatic N) is 4. The Balaban J connectivity index is 1.50. The number of fused-ring (bicyclic) bond motifs is 1. The molecule has 0 spiro atoms. The first-order valence-corrected chi connectivity index (χ1v) is 11.9. The van der Waals surface area contributed by atoms with Crippen molar-refractivity contribution < 1.29 is 4.79 Å². The molecule has 1 N–H and O–H groups in total. The summed E-state index contributed by atoms with van der Waals surface area (Å²) in [5.74, 6) is 0.498. The average molecular weight is 440 g/mol.